The Kier molecular flexibility index (Phi) is 10.6. The van der Waals surface area contributed by atoms with Gasteiger partial charge in [0.05, 0.1) is 5.82 Å². The maximum Gasteiger partial charge on any atom is 1.00 e. The first kappa shape index (κ1) is 16.9. The van der Waals surface area contributed by atoms with Crippen molar-refractivity contribution in [2.24, 2.45) is 0 Å². The van der Waals surface area contributed by atoms with Crippen LogP contribution in [0.4, 0.5) is 26.1 Å². The standard InChI is InChI=1S/C6H2F3.BF3.K/c7-4-2-1-3-5(8)6(4)9;2-1(3)4;/h2-3H;;/q-1;;+1. The van der Waals surface area contributed by atoms with E-state index in [0.717, 1.165) is 12.1 Å². The van der Waals surface area contributed by atoms with Gasteiger partial charge in [-0.25, -0.2) is 4.39 Å². The molecule has 0 N–H and O–H groups in total. The Labute approximate surface area is 119 Å². The smallest absolute Gasteiger partial charge is 0.281 e. The number of hydrogen-bond acceptors (Lipinski definition) is 0. The molecule has 0 nitrogen and oxygen atoms in total. The van der Waals surface area contributed by atoms with Gasteiger partial charge in [-0.15, -0.1) is 12.1 Å². The maximum absolute atomic E-state index is 12.0. The summed E-state index contributed by atoms with van der Waals surface area (Å²) in [5, 5.41) is 0. The van der Waals surface area contributed by atoms with Crippen molar-refractivity contribution < 1.29 is 77.5 Å². The molecule has 8 heteroatoms. The summed E-state index contributed by atoms with van der Waals surface area (Å²) < 4.78 is 64.8. The van der Waals surface area contributed by atoms with Gasteiger partial charge in [0.15, 0.2) is 0 Å². The van der Waals surface area contributed by atoms with Crippen molar-refractivity contribution in [3.8, 4) is 0 Å². The molecule has 0 aliphatic heterocycles. The van der Waals surface area contributed by atoms with E-state index in [9.17, 15) is 26.1 Å². The van der Waals surface area contributed by atoms with E-state index in [1.54, 1.807) is 0 Å². The fourth-order valence-corrected chi connectivity index (χ4v) is 0.429. The van der Waals surface area contributed by atoms with Crippen molar-refractivity contribution in [1.29, 1.82) is 0 Å². The van der Waals surface area contributed by atoms with E-state index < -0.39 is 25.0 Å². The minimum Gasteiger partial charge on any atom is -0.281 e. The van der Waals surface area contributed by atoms with Crippen LogP contribution in [0.1, 0.15) is 0 Å². The summed E-state index contributed by atoms with van der Waals surface area (Å²) in [6.45, 7) is 0. The van der Waals surface area contributed by atoms with Crippen LogP contribution in [0.25, 0.3) is 0 Å². The predicted molar refractivity (Wildman–Crippen MR) is 34.2 cm³/mol. The van der Waals surface area contributed by atoms with Crippen LogP contribution < -0.4 is 51.4 Å². The maximum atomic E-state index is 12.0. The van der Waals surface area contributed by atoms with Crippen LogP contribution in [0, 0.1) is 23.5 Å². The molecule has 0 aliphatic carbocycles. The second kappa shape index (κ2) is 8.78. The Morgan fingerprint density at radius 1 is 0.929 bits per heavy atom. The van der Waals surface area contributed by atoms with Gasteiger partial charge in [0.25, 0.3) is 0 Å². The summed E-state index contributed by atoms with van der Waals surface area (Å²) in [5.74, 6) is -3.88. The summed E-state index contributed by atoms with van der Waals surface area (Å²) in [5.41, 5.74) is 0. The molecule has 0 saturated carbocycles. The summed E-state index contributed by atoms with van der Waals surface area (Å²) in [7, 11) is -3.67. The quantitative estimate of drug-likeness (QED) is 0.254. The minimum atomic E-state index is -3.67. The molecule has 14 heavy (non-hydrogen) atoms. The molecule has 0 bridgehead atoms. The summed E-state index contributed by atoms with van der Waals surface area (Å²) in [4.78, 5) is 0. The van der Waals surface area contributed by atoms with Gasteiger partial charge in [0.2, 0.25) is 0 Å². The van der Waals surface area contributed by atoms with Crippen molar-refractivity contribution in [1.82, 2.24) is 0 Å². The molecule has 0 fully saturated rings. The van der Waals surface area contributed by atoms with Gasteiger partial charge < -0.3 is 0 Å². The van der Waals surface area contributed by atoms with Crippen LogP contribution in [0.2, 0.25) is 0 Å². The third-order valence-corrected chi connectivity index (χ3v) is 0.839. The van der Waals surface area contributed by atoms with E-state index in [0.29, 0.717) is 0 Å². The van der Waals surface area contributed by atoms with Gasteiger partial charge >= 0.3 is 58.9 Å². The van der Waals surface area contributed by atoms with Crippen LogP contribution in [0.15, 0.2) is 12.1 Å². The normalized spacial score (nSPS) is 8.14. The average Bonchev–Trinajstić information content (AvgIpc) is 1.99. The molecule has 0 aromatic heterocycles. The molecular formula is C6H2BF6K. The van der Waals surface area contributed by atoms with E-state index in [1.807, 2.05) is 0 Å². The van der Waals surface area contributed by atoms with E-state index in [2.05, 4.69) is 6.07 Å². The molecule has 0 spiro atoms. The van der Waals surface area contributed by atoms with Crippen molar-refractivity contribution >= 4 is 7.54 Å². The Hall–Kier alpha value is 0.501. The van der Waals surface area contributed by atoms with Gasteiger partial charge in [-0.1, -0.05) is 0 Å². The molecule has 72 valence electrons. The van der Waals surface area contributed by atoms with Crippen molar-refractivity contribution in [2.45, 2.75) is 0 Å². The largest absolute Gasteiger partial charge is 1.00 e. The van der Waals surface area contributed by atoms with Gasteiger partial charge in [-0.3, -0.25) is 21.7 Å². The Morgan fingerprint density at radius 2 is 1.21 bits per heavy atom. The van der Waals surface area contributed by atoms with E-state index in [4.69, 9.17) is 0 Å². The third-order valence-electron chi connectivity index (χ3n) is 0.839. The molecule has 1 aromatic carbocycles. The molecule has 0 amide bonds. The van der Waals surface area contributed by atoms with E-state index in [1.165, 1.54) is 0 Å². The second-order valence-corrected chi connectivity index (χ2v) is 1.71. The average molecular weight is 238 g/mol. The Bertz CT molecular complexity index is 245. The molecule has 0 atom stereocenters. The molecule has 0 radical (unpaired) electrons. The zero-order valence-corrected chi connectivity index (χ0v) is 10.1. The third kappa shape index (κ3) is 7.86. The SMILES string of the molecule is FB(F)F.Fc1c[c-]cc(F)c1F.[K+]. The van der Waals surface area contributed by atoms with Crippen LogP contribution in [0.3, 0.4) is 0 Å². The van der Waals surface area contributed by atoms with E-state index >= 15 is 0 Å². The predicted octanol–water partition coefficient (Wildman–Crippen LogP) is -0.212. The van der Waals surface area contributed by atoms with Gasteiger partial charge in [0, 0.05) is 11.6 Å². The molecule has 0 unspecified atom stereocenters. The van der Waals surface area contributed by atoms with Crippen LogP contribution >= 0.6 is 0 Å². The summed E-state index contributed by atoms with van der Waals surface area (Å²) >= 11 is 0. The Balaban J connectivity index is 0. The summed E-state index contributed by atoms with van der Waals surface area (Å²) in [6, 6.07) is 3.55. The van der Waals surface area contributed by atoms with Crippen LogP contribution in [0.5, 0.6) is 0 Å². The van der Waals surface area contributed by atoms with Crippen molar-refractivity contribution in [3.05, 3.63) is 35.7 Å². The molecule has 1 aromatic rings. The first-order chi connectivity index (χ1) is 5.95. The number of benzene rings is 1. The molecular weight excluding hydrogens is 236 g/mol. The summed E-state index contributed by atoms with van der Waals surface area (Å²) in [6.07, 6.45) is 0. The zero-order valence-electron chi connectivity index (χ0n) is 7.00. The van der Waals surface area contributed by atoms with Gasteiger partial charge in [-0.2, -0.15) is 6.07 Å². The number of rotatable bonds is 0. The van der Waals surface area contributed by atoms with Crippen molar-refractivity contribution in [3.63, 3.8) is 0 Å². The number of hydrogen-bond donors (Lipinski definition) is 0. The fourth-order valence-electron chi connectivity index (χ4n) is 0.429. The topological polar surface area (TPSA) is 0 Å². The molecule has 0 aliphatic rings. The van der Waals surface area contributed by atoms with Crippen molar-refractivity contribution in [2.75, 3.05) is 0 Å². The zero-order chi connectivity index (χ0) is 10.4. The van der Waals surface area contributed by atoms with Crippen LogP contribution in [-0.2, 0) is 0 Å². The fraction of sp³-hybridized carbons (Fsp3) is 0. The van der Waals surface area contributed by atoms with Gasteiger partial charge in [0.1, 0.15) is 0 Å². The van der Waals surface area contributed by atoms with Crippen LogP contribution in [-0.4, -0.2) is 7.54 Å². The second-order valence-electron chi connectivity index (χ2n) is 1.71. The van der Waals surface area contributed by atoms with E-state index in [-0.39, 0.29) is 51.4 Å². The Morgan fingerprint density at radius 3 is 1.43 bits per heavy atom. The number of halogens is 6. The molecule has 0 saturated heterocycles. The minimum absolute atomic E-state index is 0. The molecule has 0 heterocycles. The first-order valence-electron chi connectivity index (χ1n) is 2.88. The monoisotopic (exact) mass is 238 g/mol. The first-order valence-corrected chi connectivity index (χ1v) is 2.88. The molecule has 1 rings (SSSR count). The van der Waals surface area contributed by atoms with Gasteiger partial charge in [-0.05, 0) is 0 Å².